The number of nitriles is 1. The maximum atomic E-state index is 11.1. The zero-order chi connectivity index (χ0) is 29.4. The number of hydrogen-bond donors (Lipinski definition) is 12. The highest BCUT2D eigenvalue weighted by Gasteiger charge is 2.22. The van der Waals surface area contributed by atoms with Crippen LogP contribution in [0.1, 0.15) is 5.56 Å². The normalized spacial score (nSPS) is 10.5. The first-order valence-corrected chi connectivity index (χ1v) is 10.1. The summed E-state index contributed by atoms with van der Waals surface area (Å²) in [6, 6.07) is 3.82. The number of carboxylic acids is 2. The van der Waals surface area contributed by atoms with E-state index in [2.05, 4.69) is 0 Å². The molecule has 1 aromatic rings. The number of nitrogens with two attached hydrogens (primary N) is 2. The van der Waals surface area contributed by atoms with Gasteiger partial charge in [0.25, 0.3) is 0 Å². The lowest BCUT2D eigenvalue weighted by atomic mass is 10.1. The van der Waals surface area contributed by atoms with E-state index in [1.165, 1.54) is 0 Å². The molecule has 1 rings (SSSR count). The predicted octanol–water partition coefficient (Wildman–Crippen LogP) is -4.42. The van der Waals surface area contributed by atoms with Crippen LogP contribution in [0.2, 0.25) is 5.02 Å². The number of carboxylic acid groups (broad SMARTS) is 2. The molecule has 1 aromatic carbocycles. The van der Waals surface area contributed by atoms with Gasteiger partial charge in [0.05, 0.1) is 78.7 Å². The zero-order valence-electron chi connectivity index (χ0n) is 19.1. The van der Waals surface area contributed by atoms with Crippen LogP contribution >= 0.6 is 11.6 Å². The highest BCUT2D eigenvalue weighted by atomic mass is 35.5. The van der Waals surface area contributed by atoms with Gasteiger partial charge in [-0.2, -0.15) is 5.26 Å². The van der Waals surface area contributed by atoms with Crippen LogP contribution in [0.15, 0.2) is 12.1 Å². The van der Waals surface area contributed by atoms with Crippen LogP contribution in [0.3, 0.4) is 0 Å². The van der Waals surface area contributed by atoms with Crippen molar-refractivity contribution in [2.45, 2.75) is 11.1 Å². The van der Waals surface area contributed by atoms with Gasteiger partial charge in [0, 0.05) is 0 Å². The van der Waals surface area contributed by atoms with Crippen molar-refractivity contribution in [1.29, 1.82) is 5.26 Å². The molecule has 37 heavy (non-hydrogen) atoms. The standard InChI is InChI=1S/C11H6ClN3O6.2C4H11NO3/c12-7-5(14-8(16)10(18)19)1-4(3-13)2-6(7)15-9(17)11(20)21;2*5-4(1-6,2-7)3-8/h1-2H,(H,14,16)(H,15,17)(H,18,19)(H,20,21);2*6-8H,1-3,5H2. The van der Waals surface area contributed by atoms with Crippen molar-refractivity contribution >= 4 is 46.7 Å². The van der Waals surface area contributed by atoms with E-state index < -0.39 is 74.5 Å². The molecule has 17 nitrogen and oxygen atoms in total. The van der Waals surface area contributed by atoms with Gasteiger partial charge >= 0.3 is 23.8 Å². The van der Waals surface area contributed by atoms with Crippen molar-refractivity contribution in [2.75, 3.05) is 50.3 Å². The Morgan fingerprint density at radius 3 is 1.19 bits per heavy atom. The van der Waals surface area contributed by atoms with E-state index in [0.717, 1.165) is 12.1 Å². The van der Waals surface area contributed by atoms with Gasteiger partial charge in [-0.15, -0.1) is 0 Å². The van der Waals surface area contributed by atoms with Crippen molar-refractivity contribution in [3.8, 4) is 6.07 Å². The van der Waals surface area contributed by atoms with Crippen molar-refractivity contribution < 1.29 is 60.0 Å². The van der Waals surface area contributed by atoms with Gasteiger partial charge in [0.1, 0.15) is 0 Å². The van der Waals surface area contributed by atoms with E-state index in [-0.39, 0.29) is 22.0 Å². The monoisotopic (exact) mass is 553 g/mol. The summed E-state index contributed by atoms with van der Waals surface area (Å²) >= 11 is 5.81. The Bertz CT molecular complexity index is 893. The Morgan fingerprint density at radius 2 is 1.03 bits per heavy atom. The fraction of sp³-hybridized carbons (Fsp3) is 0.421. The molecule has 0 aliphatic heterocycles. The highest BCUT2D eigenvalue weighted by molar-refractivity contribution is 6.42. The van der Waals surface area contributed by atoms with Gasteiger partial charge in [-0.25, -0.2) is 9.59 Å². The number of aliphatic hydroxyl groups excluding tert-OH is 6. The Kier molecular flexibility index (Phi) is 16.5. The van der Waals surface area contributed by atoms with Crippen molar-refractivity contribution in [1.82, 2.24) is 0 Å². The average molecular weight is 554 g/mol. The third-order valence-electron chi connectivity index (χ3n) is 3.98. The third kappa shape index (κ3) is 12.9. The van der Waals surface area contributed by atoms with Crippen LogP contribution in [-0.2, 0) is 19.2 Å². The van der Waals surface area contributed by atoms with Gasteiger partial charge in [0.15, 0.2) is 0 Å². The van der Waals surface area contributed by atoms with Gasteiger partial charge in [-0.1, -0.05) is 11.6 Å². The Hall–Kier alpha value is -3.44. The van der Waals surface area contributed by atoms with Gasteiger partial charge < -0.3 is 63.0 Å². The molecule has 0 bridgehead atoms. The number of rotatable bonds is 8. The Morgan fingerprint density at radius 1 is 0.757 bits per heavy atom. The number of carbonyl (C=O) groups is 4. The third-order valence-corrected chi connectivity index (χ3v) is 4.38. The summed E-state index contributed by atoms with van der Waals surface area (Å²) in [6.07, 6.45) is 0. The number of aliphatic hydroxyl groups is 6. The van der Waals surface area contributed by atoms with Crippen LogP contribution in [0.4, 0.5) is 11.4 Å². The summed E-state index contributed by atoms with van der Waals surface area (Å²) in [4.78, 5) is 43.1. The number of nitrogens with one attached hydrogen (secondary N) is 2. The lowest BCUT2D eigenvalue weighted by Gasteiger charge is -2.20. The number of aliphatic carboxylic acids is 2. The molecular formula is C19H28ClN5O12. The van der Waals surface area contributed by atoms with Crippen LogP contribution < -0.4 is 22.1 Å². The molecule has 14 N–H and O–H groups in total. The quantitative estimate of drug-likeness (QED) is 0.135. The lowest BCUT2D eigenvalue weighted by Crippen LogP contribution is -2.50. The van der Waals surface area contributed by atoms with Crippen LogP contribution in [0, 0.1) is 11.3 Å². The second kappa shape index (κ2) is 17.1. The minimum atomic E-state index is -1.79. The fourth-order valence-electron chi connectivity index (χ4n) is 1.52. The number of amides is 2. The molecule has 0 aliphatic carbocycles. The van der Waals surface area contributed by atoms with E-state index in [1.807, 2.05) is 10.6 Å². The van der Waals surface area contributed by atoms with Crippen molar-refractivity contribution in [3.63, 3.8) is 0 Å². The molecule has 18 heteroatoms. The number of hydrogen-bond acceptors (Lipinski definition) is 13. The molecule has 0 radical (unpaired) electrons. The number of anilines is 2. The predicted molar refractivity (Wildman–Crippen MR) is 125 cm³/mol. The molecule has 0 fully saturated rings. The molecule has 0 saturated carbocycles. The summed E-state index contributed by atoms with van der Waals surface area (Å²) in [5, 5.41) is 79.3. The van der Waals surface area contributed by atoms with E-state index >= 15 is 0 Å². The van der Waals surface area contributed by atoms with Gasteiger partial charge in [-0.05, 0) is 12.1 Å². The van der Waals surface area contributed by atoms with E-state index in [1.54, 1.807) is 6.07 Å². The molecule has 0 heterocycles. The molecular weight excluding hydrogens is 526 g/mol. The molecule has 0 unspecified atom stereocenters. The van der Waals surface area contributed by atoms with Gasteiger partial charge in [-0.3, -0.25) is 9.59 Å². The number of nitrogens with zero attached hydrogens (tertiary/aromatic N) is 1. The van der Waals surface area contributed by atoms with Crippen molar-refractivity contribution in [3.05, 3.63) is 22.7 Å². The summed E-state index contributed by atoms with van der Waals surface area (Å²) in [5.41, 5.74) is 7.27. The summed E-state index contributed by atoms with van der Waals surface area (Å²) in [7, 11) is 0. The fourth-order valence-corrected chi connectivity index (χ4v) is 1.73. The van der Waals surface area contributed by atoms with Gasteiger partial charge in [0.2, 0.25) is 0 Å². The highest BCUT2D eigenvalue weighted by Crippen LogP contribution is 2.32. The maximum Gasteiger partial charge on any atom is 0.394 e. The number of carbonyl (C=O) groups excluding carboxylic acids is 2. The lowest BCUT2D eigenvalue weighted by molar-refractivity contribution is -0.147. The molecule has 2 amide bonds. The SMILES string of the molecule is N#Cc1cc(NC(=O)C(=O)O)c(Cl)c(NC(=O)C(=O)O)c1.NC(CO)(CO)CO.NC(CO)(CO)CO. The second-order valence-corrected chi connectivity index (χ2v) is 7.57. The minimum absolute atomic E-state index is 0.0826. The summed E-state index contributed by atoms with van der Waals surface area (Å²) in [6.45, 7) is -2.42. The van der Waals surface area contributed by atoms with E-state index in [9.17, 15) is 19.2 Å². The first-order chi connectivity index (χ1) is 17.1. The van der Waals surface area contributed by atoms with Crippen LogP contribution in [0.5, 0.6) is 0 Å². The van der Waals surface area contributed by atoms with Crippen molar-refractivity contribution in [2.24, 2.45) is 11.5 Å². The van der Waals surface area contributed by atoms with E-state index in [4.69, 9.17) is 69.2 Å². The molecule has 0 spiro atoms. The molecule has 208 valence electrons. The van der Waals surface area contributed by atoms with E-state index in [0.29, 0.717) is 0 Å². The molecule has 0 saturated heterocycles. The Labute approximate surface area is 214 Å². The molecule has 0 atom stereocenters. The maximum absolute atomic E-state index is 11.1. The number of halogens is 1. The summed E-state index contributed by atoms with van der Waals surface area (Å²) < 4.78 is 0. The molecule has 0 aromatic heterocycles. The minimum Gasteiger partial charge on any atom is -0.474 e. The average Bonchev–Trinajstić information content (AvgIpc) is 2.90. The Balaban J connectivity index is 0. The zero-order valence-corrected chi connectivity index (χ0v) is 19.8. The first kappa shape index (κ1) is 35.7. The first-order valence-electron chi connectivity index (χ1n) is 9.68. The number of benzene rings is 1. The smallest absolute Gasteiger partial charge is 0.394 e. The summed E-state index contributed by atoms with van der Waals surface area (Å²) in [5.74, 6) is -6.40. The second-order valence-electron chi connectivity index (χ2n) is 7.19. The van der Waals surface area contributed by atoms with Crippen LogP contribution in [-0.4, -0.2) is 115 Å². The van der Waals surface area contributed by atoms with Crippen LogP contribution in [0.25, 0.3) is 0 Å². The largest absolute Gasteiger partial charge is 0.474 e. The topological polar surface area (TPSA) is 330 Å². The molecule has 0 aliphatic rings.